The first kappa shape index (κ1) is 26.8. The zero-order chi connectivity index (χ0) is 27.2. The molecule has 7 heteroatoms. The molecule has 1 amide bonds. The van der Waals surface area contributed by atoms with Crippen LogP contribution in [0, 0.1) is 0 Å². The van der Waals surface area contributed by atoms with Gasteiger partial charge in [-0.2, -0.15) is 0 Å². The number of hydrogen-bond donors (Lipinski definition) is 1. The lowest BCUT2D eigenvalue weighted by Crippen LogP contribution is -2.29. The maximum absolute atomic E-state index is 13.5. The first-order chi connectivity index (χ1) is 18.3. The van der Waals surface area contributed by atoms with Crippen molar-refractivity contribution in [2.24, 2.45) is 0 Å². The second-order valence-electron chi connectivity index (χ2n) is 9.21. The van der Waals surface area contributed by atoms with Gasteiger partial charge in [-0.3, -0.25) is 14.5 Å². The predicted molar refractivity (Wildman–Crippen MR) is 147 cm³/mol. The fourth-order valence-corrected chi connectivity index (χ4v) is 4.41. The number of aliphatic hydroxyl groups excluding tert-OH is 1. The third-order valence-electron chi connectivity index (χ3n) is 6.00. The molecule has 3 aromatic rings. The number of rotatable bonds is 10. The highest BCUT2D eigenvalue weighted by Crippen LogP contribution is 2.43. The van der Waals surface area contributed by atoms with Crippen LogP contribution in [0.25, 0.3) is 5.76 Å². The van der Waals surface area contributed by atoms with Gasteiger partial charge in [0.1, 0.15) is 23.0 Å². The van der Waals surface area contributed by atoms with E-state index in [0.29, 0.717) is 47.3 Å². The molecule has 1 N–H and O–H groups in total. The van der Waals surface area contributed by atoms with E-state index in [-0.39, 0.29) is 17.4 Å². The van der Waals surface area contributed by atoms with Crippen LogP contribution >= 0.6 is 0 Å². The van der Waals surface area contributed by atoms with E-state index in [1.54, 1.807) is 60.7 Å². The molecule has 7 nitrogen and oxygen atoms in total. The van der Waals surface area contributed by atoms with Crippen molar-refractivity contribution in [2.75, 3.05) is 18.1 Å². The molecule has 0 aliphatic carbocycles. The summed E-state index contributed by atoms with van der Waals surface area (Å²) in [5.74, 6) is 0.0530. The van der Waals surface area contributed by atoms with E-state index in [2.05, 4.69) is 0 Å². The third kappa shape index (κ3) is 5.67. The van der Waals surface area contributed by atoms with E-state index in [9.17, 15) is 14.7 Å². The molecule has 0 aromatic heterocycles. The third-order valence-corrected chi connectivity index (χ3v) is 6.00. The highest BCUT2D eigenvalue weighted by Gasteiger charge is 2.47. The Morgan fingerprint density at radius 2 is 1.58 bits per heavy atom. The van der Waals surface area contributed by atoms with Crippen molar-refractivity contribution in [2.45, 2.75) is 46.3 Å². The van der Waals surface area contributed by atoms with Gasteiger partial charge in [-0.25, -0.2) is 0 Å². The van der Waals surface area contributed by atoms with E-state index in [4.69, 9.17) is 14.2 Å². The van der Waals surface area contributed by atoms with Crippen LogP contribution in [0.4, 0.5) is 5.69 Å². The van der Waals surface area contributed by atoms with Gasteiger partial charge >= 0.3 is 0 Å². The van der Waals surface area contributed by atoms with Crippen molar-refractivity contribution >= 4 is 23.1 Å². The molecule has 1 atom stereocenters. The lowest BCUT2D eigenvalue weighted by molar-refractivity contribution is -0.132. The molecule has 1 unspecified atom stereocenters. The molecule has 0 spiro atoms. The highest BCUT2D eigenvalue weighted by molar-refractivity contribution is 6.51. The Morgan fingerprint density at radius 3 is 2.24 bits per heavy atom. The summed E-state index contributed by atoms with van der Waals surface area (Å²) < 4.78 is 17.1. The van der Waals surface area contributed by atoms with Gasteiger partial charge in [0.2, 0.25) is 0 Å². The van der Waals surface area contributed by atoms with Crippen LogP contribution in [0.2, 0.25) is 0 Å². The Balaban J connectivity index is 1.86. The fourth-order valence-electron chi connectivity index (χ4n) is 4.41. The Kier molecular flexibility index (Phi) is 8.36. The largest absolute Gasteiger partial charge is 0.507 e. The maximum Gasteiger partial charge on any atom is 0.300 e. The first-order valence-electron chi connectivity index (χ1n) is 12.9. The summed E-state index contributed by atoms with van der Waals surface area (Å²) in [7, 11) is 0. The Bertz CT molecular complexity index is 1330. The van der Waals surface area contributed by atoms with Crippen LogP contribution in [-0.2, 0) is 9.59 Å². The second kappa shape index (κ2) is 11.9. The van der Waals surface area contributed by atoms with Gasteiger partial charge in [0.25, 0.3) is 11.7 Å². The molecule has 1 aliphatic heterocycles. The number of carbonyl (C=O) groups is 2. The molecule has 198 valence electrons. The maximum atomic E-state index is 13.5. The zero-order valence-electron chi connectivity index (χ0n) is 22.1. The molecule has 0 saturated carbocycles. The number of ketones is 1. The molecular formula is C31H33NO6. The molecule has 3 aromatic carbocycles. The standard InChI is InChI=1S/C31H33NO6/c1-5-17-37-25-11-7-9-22(18-25)29(33)27-28(21-13-15-24(16-14-21)38-20(3)4)32(31(35)30(27)34)23-10-8-12-26(19-23)36-6-2/h7-16,18-20,28,33H,5-6,17H2,1-4H3/b29-27+. The number of hydrogen-bond acceptors (Lipinski definition) is 6. The molecule has 1 saturated heterocycles. The van der Waals surface area contributed by atoms with Crippen molar-refractivity contribution in [1.29, 1.82) is 0 Å². The van der Waals surface area contributed by atoms with Gasteiger partial charge in [0.05, 0.1) is 30.9 Å². The van der Waals surface area contributed by atoms with Crippen molar-refractivity contribution in [3.05, 3.63) is 89.5 Å². The van der Waals surface area contributed by atoms with E-state index >= 15 is 0 Å². The molecule has 4 rings (SSSR count). The number of benzene rings is 3. The SMILES string of the molecule is CCCOc1cccc(/C(O)=C2\C(=O)C(=O)N(c3cccc(OCC)c3)C2c2ccc(OC(C)C)cc2)c1. The van der Waals surface area contributed by atoms with Gasteiger partial charge < -0.3 is 19.3 Å². The van der Waals surface area contributed by atoms with E-state index < -0.39 is 17.7 Å². The molecule has 1 aliphatic rings. The van der Waals surface area contributed by atoms with Gasteiger partial charge in [-0.1, -0.05) is 37.3 Å². The van der Waals surface area contributed by atoms with Gasteiger partial charge in [0, 0.05) is 17.3 Å². The quantitative estimate of drug-likeness (QED) is 0.194. The lowest BCUT2D eigenvalue weighted by Gasteiger charge is -2.26. The van der Waals surface area contributed by atoms with Crippen LogP contribution in [-0.4, -0.2) is 36.1 Å². The molecule has 1 heterocycles. The minimum atomic E-state index is -0.861. The summed E-state index contributed by atoms with van der Waals surface area (Å²) in [6, 6.07) is 20.3. The minimum Gasteiger partial charge on any atom is -0.507 e. The normalized spacial score (nSPS) is 16.7. The summed E-state index contributed by atoms with van der Waals surface area (Å²) in [5.41, 5.74) is 1.54. The number of ether oxygens (including phenoxy) is 3. The average Bonchev–Trinajstić information content (AvgIpc) is 3.18. The Morgan fingerprint density at radius 1 is 0.895 bits per heavy atom. The average molecular weight is 516 g/mol. The Hall–Kier alpha value is -4.26. The van der Waals surface area contributed by atoms with Crippen molar-refractivity contribution in [1.82, 2.24) is 0 Å². The van der Waals surface area contributed by atoms with E-state index in [0.717, 1.165) is 6.42 Å². The highest BCUT2D eigenvalue weighted by atomic mass is 16.5. The summed E-state index contributed by atoms with van der Waals surface area (Å²) >= 11 is 0. The number of nitrogens with zero attached hydrogens (tertiary/aromatic N) is 1. The number of amides is 1. The topological polar surface area (TPSA) is 85.3 Å². The summed E-state index contributed by atoms with van der Waals surface area (Å²) in [5, 5.41) is 11.4. The van der Waals surface area contributed by atoms with Crippen molar-refractivity contribution in [3.63, 3.8) is 0 Å². The van der Waals surface area contributed by atoms with Gasteiger partial charge in [0.15, 0.2) is 0 Å². The number of anilines is 1. The number of Topliss-reactive ketones (excluding diaryl/α,β-unsaturated/α-hetero) is 1. The molecule has 38 heavy (non-hydrogen) atoms. The minimum absolute atomic E-state index is 0.00184. The second-order valence-corrected chi connectivity index (χ2v) is 9.21. The predicted octanol–water partition coefficient (Wildman–Crippen LogP) is 6.29. The monoisotopic (exact) mass is 515 g/mol. The summed E-state index contributed by atoms with van der Waals surface area (Å²) in [4.78, 5) is 28.3. The van der Waals surface area contributed by atoms with E-state index in [1.165, 1.54) is 4.90 Å². The first-order valence-corrected chi connectivity index (χ1v) is 12.9. The molecular weight excluding hydrogens is 482 g/mol. The van der Waals surface area contributed by atoms with Crippen LogP contribution in [0.5, 0.6) is 17.2 Å². The van der Waals surface area contributed by atoms with Crippen LogP contribution < -0.4 is 19.1 Å². The summed E-state index contributed by atoms with van der Waals surface area (Å²) in [6.07, 6.45) is 0.827. The number of aliphatic hydroxyl groups is 1. The smallest absolute Gasteiger partial charge is 0.300 e. The van der Waals surface area contributed by atoms with Crippen molar-refractivity contribution in [3.8, 4) is 17.2 Å². The van der Waals surface area contributed by atoms with Crippen LogP contribution in [0.15, 0.2) is 78.4 Å². The van der Waals surface area contributed by atoms with Gasteiger partial charge in [-0.15, -0.1) is 0 Å². The molecule has 0 radical (unpaired) electrons. The van der Waals surface area contributed by atoms with Gasteiger partial charge in [-0.05, 0) is 69.2 Å². The Labute approximate surface area is 223 Å². The van der Waals surface area contributed by atoms with Crippen LogP contribution in [0.3, 0.4) is 0 Å². The lowest BCUT2D eigenvalue weighted by atomic mass is 9.95. The summed E-state index contributed by atoms with van der Waals surface area (Å²) in [6.45, 7) is 8.73. The fraction of sp³-hybridized carbons (Fsp3) is 0.290. The number of carbonyl (C=O) groups excluding carboxylic acids is 2. The molecule has 0 bridgehead atoms. The van der Waals surface area contributed by atoms with Crippen LogP contribution in [0.1, 0.15) is 51.3 Å². The van der Waals surface area contributed by atoms with E-state index in [1.807, 2.05) is 39.8 Å². The molecule has 1 fully saturated rings. The van der Waals surface area contributed by atoms with Crippen molar-refractivity contribution < 1.29 is 28.9 Å². The zero-order valence-corrected chi connectivity index (χ0v) is 22.1.